The predicted octanol–water partition coefficient (Wildman–Crippen LogP) is 7.06. The lowest BCUT2D eigenvalue weighted by molar-refractivity contribution is -0.119. The Hall–Kier alpha value is -3.81. The van der Waals surface area contributed by atoms with Gasteiger partial charge in [0.1, 0.15) is 18.4 Å². The maximum Gasteiger partial charge on any atom is 0.322 e. The second-order valence-electron chi connectivity index (χ2n) is 9.42. The van der Waals surface area contributed by atoms with Crippen LogP contribution in [0.3, 0.4) is 0 Å². The zero-order valence-electron chi connectivity index (χ0n) is 20.2. The highest BCUT2D eigenvalue weighted by molar-refractivity contribution is 6.36. The second-order valence-corrected chi connectivity index (χ2v) is 10.3. The van der Waals surface area contributed by atoms with Gasteiger partial charge in [-0.2, -0.15) is 0 Å². The summed E-state index contributed by atoms with van der Waals surface area (Å²) in [6, 6.07) is 21.6. The van der Waals surface area contributed by atoms with Crippen molar-refractivity contribution >= 4 is 46.5 Å². The fourth-order valence-electron chi connectivity index (χ4n) is 4.98. The van der Waals surface area contributed by atoms with Gasteiger partial charge in [-0.1, -0.05) is 47.5 Å². The standard InChI is InChI=1S/C29H23Cl2FN4O2/c30-19-9-14-23(22(31)16-19)33-29(38)35(21-12-13-21)17-27(37)36-25-5-2-1-4-24(25)34-15-3-6-26(34)28(36)18-7-10-20(32)11-8-18/h1-11,14-16,21,28H,12-13,17H2,(H,33,38). The van der Waals surface area contributed by atoms with Gasteiger partial charge in [0.05, 0.1) is 27.8 Å². The number of benzene rings is 3. The molecular weight excluding hydrogens is 526 g/mol. The number of nitrogens with zero attached hydrogens (tertiary/aromatic N) is 3. The van der Waals surface area contributed by atoms with Crippen LogP contribution in [-0.2, 0) is 4.79 Å². The van der Waals surface area contributed by atoms with Gasteiger partial charge < -0.3 is 14.8 Å². The van der Waals surface area contributed by atoms with E-state index in [9.17, 15) is 14.0 Å². The van der Waals surface area contributed by atoms with Gasteiger partial charge in [-0.3, -0.25) is 9.69 Å². The van der Waals surface area contributed by atoms with E-state index in [1.165, 1.54) is 12.1 Å². The Morgan fingerprint density at radius 1 is 0.947 bits per heavy atom. The number of urea groups is 1. The molecule has 4 aromatic rings. The molecule has 3 amide bonds. The lowest BCUT2D eigenvalue weighted by atomic mass is 9.97. The van der Waals surface area contributed by atoms with Crippen LogP contribution in [0.2, 0.25) is 10.0 Å². The summed E-state index contributed by atoms with van der Waals surface area (Å²) in [5.74, 6) is -0.598. The summed E-state index contributed by atoms with van der Waals surface area (Å²) in [6.45, 7) is -0.131. The van der Waals surface area contributed by atoms with Gasteiger partial charge >= 0.3 is 6.03 Å². The zero-order valence-corrected chi connectivity index (χ0v) is 21.7. The first-order chi connectivity index (χ1) is 18.4. The molecule has 0 spiro atoms. The quantitative estimate of drug-likeness (QED) is 0.290. The highest BCUT2D eigenvalue weighted by atomic mass is 35.5. The molecule has 6 rings (SSSR count). The summed E-state index contributed by atoms with van der Waals surface area (Å²) < 4.78 is 15.9. The number of aromatic nitrogens is 1. The first kappa shape index (κ1) is 24.5. The van der Waals surface area contributed by atoms with Crippen LogP contribution in [0.25, 0.3) is 5.69 Å². The van der Waals surface area contributed by atoms with Gasteiger partial charge in [-0.15, -0.1) is 0 Å². The number of fused-ring (bicyclic) bond motifs is 3. The SMILES string of the molecule is O=C(Nc1ccc(Cl)cc1Cl)N(CC(=O)N1c2ccccc2-n2cccc2C1c1ccc(F)cc1)C1CC1. The Balaban J connectivity index is 1.35. The lowest BCUT2D eigenvalue weighted by Gasteiger charge is -2.39. The van der Waals surface area contributed by atoms with Crippen molar-refractivity contribution in [2.75, 3.05) is 16.8 Å². The van der Waals surface area contributed by atoms with Crippen LogP contribution in [0, 0.1) is 5.82 Å². The molecule has 38 heavy (non-hydrogen) atoms. The maximum absolute atomic E-state index is 14.1. The third-order valence-electron chi connectivity index (χ3n) is 6.90. The number of anilines is 2. The van der Waals surface area contributed by atoms with E-state index in [0.717, 1.165) is 29.8 Å². The maximum atomic E-state index is 14.1. The zero-order chi connectivity index (χ0) is 26.4. The van der Waals surface area contributed by atoms with E-state index in [-0.39, 0.29) is 24.3 Å². The molecule has 3 aromatic carbocycles. The van der Waals surface area contributed by atoms with E-state index in [4.69, 9.17) is 23.2 Å². The number of para-hydroxylation sites is 2. The van der Waals surface area contributed by atoms with Crippen molar-refractivity contribution in [1.29, 1.82) is 0 Å². The number of hydrogen-bond donors (Lipinski definition) is 1. The molecule has 1 aliphatic heterocycles. The summed E-state index contributed by atoms with van der Waals surface area (Å²) in [6.07, 6.45) is 3.58. The summed E-state index contributed by atoms with van der Waals surface area (Å²) >= 11 is 12.3. The number of halogens is 3. The fourth-order valence-corrected chi connectivity index (χ4v) is 5.43. The Labute approximate surface area is 229 Å². The van der Waals surface area contributed by atoms with Crippen molar-refractivity contribution < 1.29 is 14.0 Å². The van der Waals surface area contributed by atoms with Gasteiger partial charge in [-0.05, 0) is 73.0 Å². The van der Waals surface area contributed by atoms with Crippen LogP contribution >= 0.6 is 23.2 Å². The molecule has 1 N–H and O–H groups in total. The van der Waals surface area contributed by atoms with Crippen molar-refractivity contribution in [2.45, 2.75) is 24.9 Å². The van der Waals surface area contributed by atoms with Crippen LogP contribution in [-0.4, -0.2) is 34.0 Å². The number of nitrogens with one attached hydrogen (secondary N) is 1. The highest BCUT2D eigenvalue weighted by Crippen LogP contribution is 2.42. The van der Waals surface area contributed by atoms with Crippen LogP contribution in [0.4, 0.5) is 20.6 Å². The number of carbonyl (C=O) groups excluding carboxylic acids is 2. The topological polar surface area (TPSA) is 57.6 Å². The molecule has 0 radical (unpaired) electrons. The van der Waals surface area contributed by atoms with Gasteiger partial charge in [0.15, 0.2) is 0 Å². The third-order valence-corrected chi connectivity index (χ3v) is 7.45. The Morgan fingerprint density at radius 2 is 1.68 bits per heavy atom. The third kappa shape index (κ3) is 4.52. The normalized spacial score (nSPS) is 16.0. The van der Waals surface area contributed by atoms with Gasteiger partial charge in [0.25, 0.3) is 0 Å². The molecule has 6 nitrogen and oxygen atoms in total. The van der Waals surface area contributed by atoms with Crippen LogP contribution in [0.1, 0.15) is 30.1 Å². The van der Waals surface area contributed by atoms with Crippen LogP contribution in [0.15, 0.2) is 85.1 Å². The minimum absolute atomic E-state index is 0.0433. The largest absolute Gasteiger partial charge is 0.322 e. The molecule has 1 aliphatic carbocycles. The van der Waals surface area contributed by atoms with Crippen LogP contribution in [0.5, 0.6) is 0 Å². The lowest BCUT2D eigenvalue weighted by Crippen LogP contribution is -2.48. The summed E-state index contributed by atoms with van der Waals surface area (Å²) in [7, 11) is 0. The number of hydrogen-bond acceptors (Lipinski definition) is 2. The molecule has 9 heteroatoms. The molecule has 0 saturated heterocycles. The minimum atomic E-state index is -0.497. The molecule has 1 fully saturated rings. The van der Waals surface area contributed by atoms with Crippen molar-refractivity contribution in [2.24, 2.45) is 0 Å². The van der Waals surface area contributed by atoms with Gasteiger partial charge in [0.2, 0.25) is 5.91 Å². The molecule has 192 valence electrons. The first-order valence-electron chi connectivity index (χ1n) is 12.3. The summed E-state index contributed by atoms with van der Waals surface area (Å²) in [5.41, 5.74) is 3.63. The van der Waals surface area contributed by atoms with Crippen LogP contribution < -0.4 is 10.2 Å². The summed E-state index contributed by atoms with van der Waals surface area (Å²) in [4.78, 5) is 30.8. The molecule has 1 saturated carbocycles. The molecule has 2 heterocycles. The number of amides is 3. The van der Waals surface area contributed by atoms with Crippen molar-refractivity contribution in [3.8, 4) is 5.69 Å². The minimum Gasteiger partial charge on any atom is -0.316 e. The monoisotopic (exact) mass is 548 g/mol. The molecule has 1 unspecified atom stereocenters. The van der Waals surface area contributed by atoms with E-state index in [1.54, 1.807) is 40.1 Å². The van der Waals surface area contributed by atoms with E-state index < -0.39 is 12.1 Å². The molecule has 2 aliphatic rings. The smallest absolute Gasteiger partial charge is 0.316 e. The van der Waals surface area contributed by atoms with Crippen molar-refractivity contribution in [3.05, 3.63) is 112 Å². The van der Waals surface area contributed by atoms with Crippen molar-refractivity contribution in [1.82, 2.24) is 9.47 Å². The van der Waals surface area contributed by atoms with E-state index in [1.807, 2.05) is 47.2 Å². The van der Waals surface area contributed by atoms with Gasteiger partial charge in [0, 0.05) is 17.3 Å². The molecule has 0 bridgehead atoms. The fraction of sp³-hybridized carbons (Fsp3) is 0.172. The average Bonchev–Trinajstić information content (AvgIpc) is 3.63. The first-order valence-corrected chi connectivity index (χ1v) is 13.0. The predicted molar refractivity (Wildman–Crippen MR) is 147 cm³/mol. The Morgan fingerprint density at radius 3 is 2.39 bits per heavy atom. The van der Waals surface area contributed by atoms with Crippen molar-refractivity contribution in [3.63, 3.8) is 0 Å². The van der Waals surface area contributed by atoms with E-state index >= 15 is 0 Å². The number of carbonyl (C=O) groups is 2. The second kappa shape index (κ2) is 9.82. The highest BCUT2D eigenvalue weighted by Gasteiger charge is 2.40. The van der Waals surface area contributed by atoms with Gasteiger partial charge in [-0.25, -0.2) is 9.18 Å². The number of rotatable bonds is 5. The van der Waals surface area contributed by atoms with E-state index in [2.05, 4.69) is 5.32 Å². The average molecular weight is 549 g/mol. The molecule has 1 aromatic heterocycles. The molecule has 1 atom stereocenters. The molecular formula is C29H23Cl2FN4O2. The Bertz CT molecular complexity index is 1530. The Kier molecular flexibility index (Phi) is 6.33. The summed E-state index contributed by atoms with van der Waals surface area (Å²) in [5, 5.41) is 3.60. The van der Waals surface area contributed by atoms with E-state index in [0.29, 0.717) is 21.4 Å².